The van der Waals surface area contributed by atoms with Crippen molar-refractivity contribution in [1.29, 1.82) is 0 Å². The molecule has 51 heavy (non-hydrogen) atoms. The molecule has 278 valence electrons. The van der Waals surface area contributed by atoms with Crippen molar-refractivity contribution < 1.29 is 15.3 Å². The smallest absolute Gasteiger partial charge is 0.336 e. The SMILES string of the molecule is CC1=CC(C(C)(C)C)C(O)C(C)=C1Cn1c(=O)n(Cc2c(C)cc(C(C)(C)C)c(O)c2C)c(=O)n(Cc2c(C)cc(C(C)(C)C)c(O)c2C)c1=O. The van der Waals surface area contributed by atoms with Crippen molar-refractivity contribution in [2.75, 3.05) is 0 Å². The summed E-state index contributed by atoms with van der Waals surface area (Å²) in [6.07, 6.45) is 1.20. The molecule has 0 radical (unpaired) electrons. The Morgan fingerprint density at radius 1 is 0.608 bits per heavy atom. The topological polar surface area (TPSA) is 127 Å². The summed E-state index contributed by atoms with van der Waals surface area (Å²) in [6, 6.07) is 3.78. The predicted octanol–water partition coefficient (Wildman–Crippen LogP) is 6.81. The van der Waals surface area contributed by atoms with Gasteiger partial charge < -0.3 is 15.3 Å². The van der Waals surface area contributed by atoms with E-state index in [1.165, 1.54) is 0 Å². The molecule has 0 spiro atoms. The summed E-state index contributed by atoms with van der Waals surface area (Å²) >= 11 is 0. The Morgan fingerprint density at radius 2 is 0.961 bits per heavy atom. The van der Waals surface area contributed by atoms with Crippen LogP contribution in [0.4, 0.5) is 0 Å². The zero-order valence-electron chi connectivity index (χ0n) is 33.4. The van der Waals surface area contributed by atoms with Gasteiger partial charge in [0, 0.05) is 5.92 Å². The predicted molar refractivity (Wildman–Crippen MR) is 205 cm³/mol. The first kappa shape index (κ1) is 39.7. The fourth-order valence-electron chi connectivity index (χ4n) is 7.41. The van der Waals surface area contributed by atoms with Crippen LogP contribution in [-0.2, 0) is 30.5 Å². The monoisotopic (exact) mass is 701 g/mol. The Kier molecular flexibility index (Phi) is 10.5. The summed E-state index contributed by atoms with van der Waals surface area (Å²) in [5, 5.41) is 33.9. The van der Waals surface area contributed by atoms with Crippen LogP contribution in [0.15, 0.2) is 49.3 Å². The van der Waals surface area contributed by atoms with E-state index in [-0.39, 0.29) is 53.3 Å². The minimum atomic E-state index is -0.809. The summed E-state index contributed by atoms with van der Waals surface area (Å²) in [5.74, 6) is 0.0566. The molecule has 0 aliphatic heterocycles. The number of hydrogen-bond acceptors (Lipinski definition) is 6. The van der Waals surface area contributed by atoms with Crippen LogP contribution in [0.3, 0.4) is 0 Å². The van der Waals surface area contributed by atoms with Crippen molar-refractivity contribution in [1.82, 2.24) is 13.7 Å². The zero-order valence-corrected chi connectivity index (χ0v) is 33.4. The second kappa shape index (κ2) is 13.5. The first-order valence-corrected chi connectivity index (χ1v) is 17.9. The van der Waals surface area contributed by atoms with Crippen LogP contribution in [0, 0.1) is 39.0 Å². The zero-order chi connectivity index (χ0) is 38.9. The first-order chi connectivity index (χ1) is 23.2. The van der Waals surface area contributed by atoms with E-state index < -0.39 is 23.2 Å². The van der Waals surface area contributed by atoms with Crippen LogP contribution in [-0.4, -0.2) is 35.1 Å². The third kappa shape index (κ3) is 7.32. The molecule has 2 unspecified atom stereocenters. The van der Waals surface area contributed by atoms with Gasteiger partial charge in [-0.2, -0.15) is 0 Å². The maximum Gasteiger partial charge on any atom is 0.336 e. The Hall–Kier alpha value is -4.11. The Bertz CT molecular complexity index is 2020. The van der Waals surface area contributed by atoms with Crippen LogP contribution in [0.25, 0.3) is 0 Å². The average Bonchev–Trinajstić information content (AvgIpc) is 2.99. The van der Waals surface area contributed by atoms with Crippen LogP contribution >= 0.6 is 0 Å². The summed E-state index contributed by atoms with van der Waals surface area (Å²) in [7, 11) is 0. The van der Waals surface area contributed by atoms with Gasteiger partial charge in [-0.15, -0.1) is 0 Å². The number of aryl methyl sites for hydroxylation is 2. The van der Waals surface area contributed by atoms with Gasteiger partial charge in [-0.3, -0.25) is 0 Å². The number of phenols is 2. The molecule has 1 aliphatic rings. The van der Waals surface area contributed by atoms with E-state index in [9.17, 15) is 29.7 Å². The van der Waals surface area contributed by atoms with E-state index in [1.54, 1.807) is 13.8 Å². The number of hydrogen-bond donors (Lipinski definition) is 3. The molecule has 2 aromatic carbocycles. The summed E-state index contributed by atoms with van der Waals surface area (Å²) < 4.78 is 3.20. The molecule has 1 heterocycles. The lowest BCUT2D eigenvalue weighted by atomic mass is 9.71. The standard InChI is InChI=1S/C42H59N3O6/c1-22-16-31(40(7,8)9)34(46)25(4)28(22)19-43-37(49)44(20-29-23(2)17-32(41(10,11)12)35(47)26(29)5)39(51)45(38(43)50)21-30-24(3)18-33(42(13,14)15)36(48)27(30)6/h16-18,31,34,46-48H,19-21H2,1-15H3. The number of aromatic hydroxyl groups is 2. The van der Waals surface area contributed by atoms with Crippen molar-refractivity contribution in [2.45, 2.75) is 140 Å². The third-order valence-electron chi connectivity index (χ3n) is 10.9. The largest absolute Gasteiger partial charge is 0.507 e. The molecule has 1 aromatic heterocycles. The van der Waals surface area contributed by atoms with E-state index in [0.29, 0.717) is 33.4 Å². The fourth-order valence-corrected chi connectivity index (χ4v) is 7.41. The van der Waals surface area contributed by atoms with Gasteiger partial charge >= 0.3 is 17.1 Å². The lowest BCUT2D eigenvalue weighted by Gasteiger charge is -2.37. The van der Waals surface area contributed by atoms with Gasteiger partial charge in [-0.05, 0) is 119 Å². The maximum atomic E-state index is 14.4. The number of rotatable bonds is 6. The molecule has 0 saturated carbocycles. The summed E-state index contributed by atoms with van der Waals surface area (Å²) in [6.45, 7) is 28.8. The molecular formula is C42H59N3O6. The Morgan fingerprint density at radius 3 is 1.29 bits per heavy atom. The van der Waals surface area contributed by atoms with Gasteiger partial charge in [0.05, 0.1) is 25.7 Å². The van der Waals surface area contributed by atoms with E-state index in [1.807, 2.05) is 87.4 Å². The molecule has 0 saturated heterocycles. The second-order valence-corrected chi connectivity index (χ2v) is 17.8. The normalized spacial score (nSPS) is 17.3. The minimum Gasteiger partial charge on any atom is -0.507 e. The third-order valence-corrected chi connectivity index (χ3v) is 10.9. The molecule has 0 bridgehead atoms. The molecule has 0 fully saturated rings. The Labute approximate surface area is 302 Å². The molecule has 0 amide bonds. The highest BCUT2D eigenvalue weighted by atomic mass is 16.3. The van der Waals surface area contributed by atoms with E-state index in [0.717, 1.165) is 41.5 Å². The summed E-state index contributed by atoms with van der Waals surface area (Å²) in [4.78, 5) is 43.2. The van der Waals surface area contributed by atoms with Crippen LogP contribution < -0.4 is 17.1 Å². The van der Waals surface area contributed by atoms with Crippen LogP contribution in [0.5, 0.6) is 11.5 Å². The lowest BCUT2D eigenvalue weighted by molar-refractivity contribution is 0.0952. The van der Waals surface area contributed by atoms with Gasteiger partial charge in [0.2, 0.25) is 0 Å². The molecule has 9 heteroatoms. The van der Waals surface area contributed by atoms with E-state index >= 15 is 0 Å². The number of benzene rings is 2. The van der Waals surface area contributed by atoms with Crippen molar-refractivity contribution in [3.8, 4) is 11.5 Å². The molecule has 4 rings (SSSR count). The molecule has 1 aliphatic carbocycles. The van der Waals surface area contributed by atoms with Crippen molar-refractivity contribution in [2.24, 2.45) is 11.3 Å². The molecule has 3 aromatic rings. The minimum absolute atomic E-state index is 0.108. The van der Waals surface area contributed by atoms with E-state index in [4.69, 9.17) is 0 Å². The molecule has 2 atom stereocenters. The second-order valence-electron chi connectivity index (χ2n) is 17.8. The number of aliphatic hydroxyl groups excluding tert-OH is 1. The average molecular weight is 702 g/mol. The maximum absolute atomic E-state index is 14.4. The summed E-state index contributed by atoms with van der Waals surface area (Å²) in [5.41, 5.74) is 4.43. The number of aliphatic hydroxyl groups is 1. The van der Waals surface area contributed by atoms with Crippen LogP contribution in [0.2, 0.25) is 0 Å². The fraction of sp³-hybridized carbons (Fsp3) is 0.548. The number of phenolic OH excluding ortho intramolecular Hbond substituents is 2. The van der Waals surface area contributed by atoms with E-state index in [2.05, 4.69) is 20.8 Å². The Balaban J connectivity index is 2.01. The van der Waals surface area contributed by atoms with Gasteiger partial charge in [-0.25, -0.2) is 28.1 Å². The van der Waals surface area contributed by atoms with Gasteiger partial charge in [0.15, 0.2) is 0 Å². The quantitative estimate of drug-likeness (QED) is 0.259. The van der Waals surface area contributed by atoms with Crippen molar-refractivity contribution in [3.63, 3.8) is 0 Å². The lowest BCUT2D eigenvalue weighted by Crippen LogP contribution is -2.55. The highest BCUT2D eigenvalue weighted by Gasteiger charge is 2.35. The number of allylic oxidation sites excluding steroid dienone is 2. The molecular weight excluding hydrogens is 642 g/mol. The van der Waals surface area contributed by atoms with Crippen molar-refractivity contribution in [3.05, 3.63) is 111 Å². The van der Waals surface area contributed by atoms with Gasteiger partial charge in [0.25, 0.3) is 0 Å². The van der Waals surface area contributed by atoms with Gasteiger partial charge in [-0.1, -0.05) is 80.5 Å². The highest BCUT2D eigenvalue weighted by Crippen LogP contribution is 2.40. The molecule has 3 N–H and O–H groups in total. The number of aromatic nitrogens is 3. The van der Waals surface area contributed by atoms with Crippen molar-refractivity contribution >= 4 is 0 Å². The highest BCUT2D eigenvalue weighted by molar-refractivity contribution is 5.52. The van der Waals surface area contributed by atoms with Gasteiger partial charge in [0.1, 0.15) is 11.5 Å². The molecule has 9 nitrogen and oxygen atoms in total. The van der Waals surface area contributed by atoms with Crippen LogP contribution in [0.1, 0.15) is 121 Å². The number of nitrogens with zero attached hydrogens (tertiary/aromatic N) is 3. The first-order valence-electron chi connectivity index (χ1n) is 17.9.